The monoisotopic (exact) mass is 244 g/mol. The molecule has 0 atom stereocenters. The van der Waals surface area contributed by atoms with Crippen LogP contribution < -0.4 is 5.32 Å². The van der Waals surface area contributed by atoms with E-state index in [2.05, 4.69) is 16.9 Å². The molecule has 5 heteroatoms. The minimum atomic E-state index is -4.42. The molecule has 1 heterocycles. The second-order valence-electron chi connectivity index (χ2n) is 3.77. The lowest BCUT2D eigenvalue weighted by Crippen LogP contribution is -2.23. The number of nitrogens with one attached hydrogen (secondary N) is 1. The van der Waals surface area contributed by atoms with Crippen molar-refractivity contribution in [3.05, 3.63) is 35.7 Å². The first-order chi connectivity index (χ1) is 7.86. The molecule has 0 aliphatic carbocycles. The number of aliphatic imine (C=N–C) groups is 1. The Morgan fingerprint density at radius 3 is 2.59 bits per heavy atom. The fraction of sp³-hybridized carbons (Fsp3) is 0.417. The van der Waals surface area contributed by atoms with E-state index in [1.807, 2.05) is 6.92 Å². The molecule has 0 bridgehead atoms. The molecule has 1 aliphatic rings. The Kier molecular flexibility index (Phi) is 4.15. The van der Waals surface area contributed by atoms with Crippen LogP contribution >= 0.6 is 0 Å². The summed E-state index contributed by atoms with van der Waals surface area (Å²) in [5.41, 5.74) is 0.244. The van der Waals surface area contributed by atoms with Crippen LogP contribution in [0.4, 0.5) is 13.2 Å². The molecule has 0 saturated heterocycles. The molecule has 0 aromatic heterocycles. The molecule has 0 amide bonds. The van der Waals surface area contributed by atoms with Gasteiger partial charge in [-0.3, -0.25) is 4.99 Å². The molecule has 0 aromatic rings. The van der Waals surface area contributed by atoms with Crippen LogP contribution in [0.3, 0.4) is 0 Å². The van der Waals surface area contributed by atoms with Crippen LogP contribution in [0, 0.1) is 0 Å². The Bertz CT molecular complexity index is 400. The fourth-order valence-corrected chi connectivity index (χ4v) is 1.30. The zero-order valence-electron chi connectivity index (χ0n) is 9.86. The number of hydrogen-bond acceptors (Lipinski definition) is 2. The molecular weight excluding hydrogens is 229 g/mol. The van der Waals surface area contributed by atoms with Crippen molar-refractivity contribution < 1.29 is 13.2 Å². The van der Waals surface area contributed by atoms with Crippen LogP contribution in [-0.4, -0.2) is 18.4 Å². The Balaban J connectivity index is 3.12. The lowest BCUT2D eigenvalue weighted by molar-refractivity contribution is -0.0900. The van der Waals surface area contributed by atoms with Crippen molar-refractivity contribution in [3.8, 4) is 0 Å². The standard InChI is InChI=1S/C12H15F3N2/c1-4-5-16-11-6-8(2)9(3)17-7-10(11)12(13,14)15/h6-7,16H,2,4-5H2,1,3H3. The van der Waals surface area contributed by atoms with Gasteiger partial charge in [-0.1, -0.05) is 13.5 Å². The van der Waals surface area contributed by atoms with E-state index in [0.717, 1.165) is 12.6 Å². The molecule has 1 aliphatic heterocycles. The number of hydrogen-bond donors (Lipinski definition) is 1. The van der Waals surface area contributed by atoms with Gasteiger partial charge in [0.2, 0.25) is 0 Å². The first kappa shape index (κ1) is 13.5. The van der Waals surface area contributed by atoms with E-state index < -0.39 is 11.7 Å². The lowest BCUT2D eigenvalue weighted by Gasteiger charge is -2.15. The molecule has 0 aromatic carbocycles. The maximum Gasteiger partial charge on any atom is 0.419 e. The van der Waals surface area contributed by atoms with E-state index in [-0.39, 0.29) is 5.70 Å². The summed E-state index contributed by atoms with van der Waals surface area (Å²) in [6.45, 7) is 7.68. The molecular formula is C12H15F3N2. The second-order valence-corrected chi connectivity index (χ2v) is 3.77. The maximum absolute atomic E-state index is 12.8. The van der Waals surface area contributed by atoms with E-state index in [4.69, 9.17) is 0 Å². The van der Waals surface area contributed by atoms with E-state index in [1.165, 1.54) is 6.08 Å². The van der Waals surface area contributed by atoms with Gasteiger partial charge in [-0.2, -0.15) is 13.2 Å². The normalized spacial score (nSPS) is 17.0. The summed E-state index contributed by atoms with van der Waals surface area (Å²) in [6.07, 6.45) is -1.43. The zero-order valence-corrected chi connectivity index (χ0v) is 9.86. The molecule has 17 heavy (non-hydrogen) atoms. The van der Waals surface area contributed by atoms with Crippen LogP contribution in [0.15, 0.2) is 40.7 Å². The first-order valence-electron chi connectivity index (χ1n) is 5.33. The van der Waals surface area contributed by atoms with Crippen LogP contribution in [0.1, 0.15) is 20.3 Å². The Labute approximate surface area is 98.6 Å². The summed E-state index contributed by atoms with van der Waals surface area (Å²) in [5, 5.41) is 2.76. The summed E-state index contributed by atoms with van der Waals surface area (Å²) in [7, 11) is 0. The summed E-state index contributed by atoms with van der Waals surface area (Å²) in [5.74, 6) is 0. The third-order valence-corrected chi connectivity index (χ3v) is 2.33. The topological polar surface area (TPSA) is 24.4 Å². The maximum atomic E-state index is 12.8. The highest BCUT2D eigenvalue weighted by Gasteiger charge is 2.36. The zero-order chi connectivity index (χ0) is 13.1. The highest BCUT2D eigenvalue weighted by atomic mass is 19.4. The van der Waals surface area contributed by atoms with Crippen LogP contribution in [-0.2, 0) is 0 Å². The predicted octanol–water partition coefficient (Wildman–Crippen LogP) is 3.35. The average Bonchev–Trinajstić information content (AvgIpc) is 2.36. The van der Waals surface area contributed by atoms with Crippen molar-refractivity contribution in [2.24, 2.45) is 4.99 Å². The van der Waals surface area contributed by atoms with E-state index in [9.17, 15) is 13.2 Å². The molecule has 0 fully saturated rings. The van der Waals surface area contributed by atoms with Gasteiger partial charge in [0.05, 0.1) is 5.57 Å². The van der Waals surface area contributed by atoms with Gasteiger partial charge in [0.25, 0.3) is 0 Å². The van der Waals surface area contributed by atoms with Gasteiger partial charge in [-0.25, -0.2) is 0 Å². The Morgan fingerprint density at radius 2 is 2.06 bits per heavy atom. The van der Waals surface area contributed by atoms with Crippen molar-refractivity contribution in [2.45, 2.75) is 26.4 Å². The van der Waals surface area contributed by atoms with Crippen molar-refractivity contribution in [1.29, 1.82) is 0 Å². The number of alkyl halides is 3. The second kappa shape index (κ2) is 5.21. The molecule has 94 valence electrons. The van der Waals surface area contributed by atoms with E-state index in [0.29, 0.717) is 17.8 Å². The summed E-state index contributed by atoms with van der Waals surface area (Å²) < 4.78 is 38.4. The molecule has 1 rings (SSSR count). The van der Waals surface area contributed by atoms with Gasteiger partial charge in [-0.15, -0.1) is 0 Å². The van der Waals surface area contributed by atoms with Gasteiger partial charge in [0.1, 0.15) is 0 Å². The summed E-state index contributed by atoms with van der Waals surface area (Å²) >= 11 is 0. The summed E-state index contributed by atoms with van der Waals surface area (Å²) in [6, 6.07) is 0. The summed E-state index contributed by atoms with van der Waals surface area (Å²) in [4.78, 5) is 3.75. The Morgan fingerprint density at radius 1 is 1.41 bits per heavy atom. The van der Waals surface area contributed by atoms with Crippen LogP contribution in [0.2, 0.25) is 0 Å². The average molecular weight is 244 g/mol. The largest absolute Gasteiger partial charge is 0.419 e. The van der Waals surface area contributed by atoms with Crippen molar-refractivity contribution in [2.75, 3.05) is 6.54 Å². The fourth-order valence-electron chi connectivity index (χ4n) is 1.30. The number of halogens is 3. The van der Waals surface area contributed by atoms with Gasteiger partial charge in [0, 0.05) is 24.2 Å². The van der Waals surface area contributed by atoms with Gasteiger partial charge >= 0.3 is 6.18 Å². The number of rotatable bonds is 3. The third-order valence-electron chi connectivity index (χ3n) is 2.33. The SMILES string of the molecule is C=C1C=C(NCCC)C(C(F)(F)F)=CN=C1C. The van der Waals surface area contributed by atoms with Gasteiger partial charge in [-0.05, 0) is 25.0 Å². The highest BCUT2D eigenvalue weighted by Crippen LogP contribution is 2.32. The van der Waals surface area contributed by atoms with Crippen molar-refractivity contribution in [1.82, 2.24) is 5.32 Å². The number of nitrogens with zero attached hydrogens (tertiary/aromatic N) is 1. The third kappa shape index (κ3) is 3.47. The molecule has 2 nitrogen and oxygen atoms in total. The molecule has 0 unspecified atom stereocenters. The number of allylic oxidation sites excluding steroid dienone is 3. The molecule has 0 spiro atoms. The predicted molar refractivity (Wildman–Crippen MR) is 62.8 cm³/mol. The van der Waals surface area contributed by atoms with Crippen LogP contribution in [0.5, 0.6) is 0 Å². The smallest absolute Gasteiger partial charge is 0.385 e. The minimum Gasteiger partial charge on any atom is -0.385 e. The first-order valence-corrected chi connectivity index (χ1v) is 5.33. The van der Waals surface area contributed by atoms with E-state index in [1.54, 1.807) is 6.92 Å². The van der Waals surface area contributed by atoms with Gasteiger partial charge in [0.15, 0.2) is 0 Å². The van der Waals surface area contributed by atoms with Crippen molar-refractivity contribution in [3.63, 3.8) is 0 Å². The highest BCUT2D eigenvalue weighted by molar-refractivity contribution is 6.01. The minimum absolute atomic E-state index is 0.0324. The quantitative estimate of drug-likeness (QED) is 0.809. The molecule has 0 saturated carbocycles. The van der Waals surface area contributed by atoms with E-state index >= 15 is 0 Å². The van der Waals surface area contributed by atoms with Gasteiger partial charge < -0.3 is 5.32 Å². The molecule has 0 radical (unpaired) electrons. The molecule has 1 N–H and O–H groups in total. The van der Waals surface area contributed by atoms with Crippen molar-refractivity contribution >= 4 is 5.71 Å². The van der Waals surface area contributed by atoms with Crippen LogP contribution in [0.25, 0.3) is 0 Å². The lowest BCUT2D eigenvalue weighted by atomic mass is 10.1. The Hall–Kier alpha value is -1.52.